The van der Waals surface area contributed by atoms with Crippen molar-refractivity contribution in [2.45, 2.75) is 84.8 Å². The number of aromatic nitrogens is 2. The second-order valence-electron chi connectivity index (χ2n) is 16.2. The number of benzene rings is 3. The van der Waals surface area contributed by atoms with Gasteiger partial charge in [0.25, 0.3) is 17.7 Å². The number of nitrogens with one attached hydrogen (secondary N) is 2. The van der Waals surface area contributed by atoms with E-state index < -0.39 is 5.60 Å². The van der Waals surface area contributed by atoms with Crippen LogP contribution in [0.3, 0.4) is 0 Å². The summed E-state index contributed by atoms with van der Waals surface area (Å²) in [5.41, 5.74) is 4.73. The highest BCUT2D eigenvalue weighted by molar-refractivity contribution is 6.07. The first-order valence-electron chi connectivity index (χ1n) is 22.0. The molecule has 0 radical (unpaired) electrons. The molecule has 14 heteroatoms. The Labute approximate surface area is 371 Å². The summed E-state index contributed by atoms with van der Waals surface area (Å²) in [7, 11) is 0. The maximum absolute atomic E-state index is 13.8. The van der Waals surface area contributed by atoms with Gasteiger partial charge in [0.05, 0.1) is 64.4 Å². The lowest BCUT2D eigenvalue weighted by molar-refractivity contribution is -0.156. The van der Waals surface area contributed by atoms with Gasteiger partial charge in [-0.05, 0) is 120 Å². The van der Waals surface area contributed by atoms with Gasteiger partial charge in [0.2, 0.25) is 0 Å². The van der Waals surface area contributed by atoms with E-state index in [1.165, 1.54) is 11.8 Å². The fourth-order valence-electron chi connectivity index (χ4n) is 7.17. The third-order valence-electron chi connectivity index (χ3n) is 10.3. The van der Waals surface area contributed by atoms with Gasteiger partial charge in [0.1, 0.15) is 11.3 Å². The number of carbonyl (C=O) groups excluding carboxylic acids is 4. The summed E-state index contributed by atoms with van der Waals surface area (Å²) in [6, 6.07) is 22.1. The molecular weight excluding hydrogens is 803 g/mol. The van der Waals surface area contributed by atoms with E-state index in [9.17, 15) is 19.2 Å². The lowest BCUT2D eigenvalue weighted by Gasteiger charge is -2.26. The van der Waals surface area contributed by atoms with Gasteiger partial charge < -0.3 is 39.2 Å². The van der Waals surface area contributed by atoms with Crippen LogP contribution in [0.1, 0.15) is 114 Å². The zero-order valence-electron chi connectivity index (χ0n) is 37.4. The first kappa shape index (κ1) is 48.5. The Morgan fingerprint density at radius 2 is 1.46 bits per heavy atom. The summed E-state index contributed by atoms with van der Waals surface area (Å²) >= 11 is 0. The molecule has 0 saturated carbocycles. The van der Waals surface area contributed by atoms with Crippen LogP contribution < -0.4 is 10.6 Å². The number of hydrogen-bond donors (Lipinski definition) is 2. The van der Waals surface area contributed by atoms with E-state index in [-0.39, 0.29) is 47.7 Å². The monoisotopic (exact) mass is 865 g/mol. The molecule has 0 saturated heterocycles. The van der Waals surface area contributed by atoms with Crippen LogP contribution in [0.25, 0.3) is 11.4 Å². The Morgan fingerprint density at radius 1 is 0.762 bits per heavy atom. The van der Waals surface area contributed by atoms with Crippen molar-refractivity contribution in [1.82, 2.24) is 20.2 Å². The molecule has 1 aromatic heterocycles. The van der Waals surface area contributed by atoms with E-state index in [0.29, 0.717) is 94.7 Å². The number of aryl methyl sites for hydroxylation is 2. The first-order chi connectivity index (χ1) is 30.5. The largest absolute Gasteiger partial charge is 0.460 e. The molecule has 0 spiro atoms. The van der Waals surface area contributed by atoms with Gasteiger partial charge >= 0.3 is 5.97 Å². The number of ether oxygens (including phenoxy) is 5. The Kier molecular flexibility index (Phi) is 19.2. The predicted molar refractivity (Wildman–Crippen MR) is 241 cm³/mol. The van der Waals surface area contributed by atoms with Crippen LogP contribution in [0.2, 0.25) is 0 Å². The van der Waals surface area contributed by atoms with Crippen LogP contribution in [0, 0.1) is 0 Å². The molecule has 1 aliphatic carbocycles. The Balaban J connectivity index is 1.10. The van der Waals surface area contributed by atoms with Crippen LogP contribution >= 0.6 is 0 Å². The third kappa shape index (κ3) is 15.6. The minimum atomic E-state index is -0.500. The van der Waals surface area contributed by atoms with E-state index in [1.54, 1.807) is 35.2 Å². The number of hydrogen-bond acceptors (Lipinski definition) is 11. The Bertz CT molecular complexity index is 2120. The number of esters is 1. The number of nitrogens with zero attached hydrogens (tertiary/aromatic N) is 3. The number of carbonyl (C=O) groups is 4. The molecule has 14 nitrogen and oxygen atoms in total. The lowest BCUT2D eigenvalue weighted by atomic mass is 9.87. The molecule has 3 aromatic carbocycles. The van der Waals surface area contributed by atoms with Crippen LogP contribution in [0.15, 0.2) is 79.0 Å². The third-order valence-corrected chi connectivity index (χ3v) is 10.3. The predicted octanol–water partition coefficient (Wildman–Crippen LogP) is 7.42. The fourth-order valence-corrected chi connectivity index (χ4v) is 7.17. The van der Waals surface area contributed by atoms with Gasteiger partial charge in [-0.15, -0.1) is 0 Å². The smallest absolute Gasteiger partial charge is 0.308 e. The molecule has 1 atom stereocenters. The van der Waals surface area contributed by atoms with Crippen LogP contribution in [0.4, 0.5) is 5.69 Å². The molecule has 63 heavy (non-hydrogen) atoms. The molecule has 0 bridgehead atoms. The lowest BCUT2D eigenvalue weighted by Crippen LogP contribution is -2.31. The molecule has 1 heterocycles. The van der Waals surface area contributed by atoms with Gasteiger partial charge in [-0.1, -0.05) is 36.4 Å². The second-order valence-corrected chi connectivity index (χ2v) is 16.2. The maximum atomic E-state index is 13.8. The van der Waals surface area contributed by atoms with Crippen molar-refractivity contribution in [2.24, 2.45) is 0 Å². The minimum Gasteiger partial charge on any atom is -0.460 e. The zero-order valence-corrected chi connectivity index (χ0v) is 37.4. The molecule has 0 unspecified atom stereocenters. The average Bonchev–Trinajstić information content (AvgIpc) is 3.27. The standard InChI is InChI=1S/C49H63N5O9/c1-6-54(7-2)48(58)38-20-21-42(40(34-38)45-50-24-22-43(51-45)47(57)53-41-19-11-16-36-15-8-9-18-39(36)41)52-46(56)37-17-10-13-35(33-37)14-12-25-59-27-29-61-31-32-62-30-28-60-26-23-44(55)63-49(3,4)5/h8-10,13,15,17-18,20-22,24,33-34,41H,6-7,11-12,14,16,19,23,25-32H2,1-5H3,(H,52,56)(H,53,57)/t41-/m0/s1. The quantitative estimate of drug-likeness (QED) is 0.0532. The number of fused-ring (bicyclic) bond motifs is 1. The van der Waals surface area contributed by atoms with Crippen molar-refractivity contribution in [2.75, 3.05) is 71.3 Å². The Morgan fingerprint density at radius 3 is 2.17 bits per heavy atom. The van der Waals surface area contributed by atoms with Gasteiger partial charge in [-0.2, -0.15) is 0 Å². The van der Waals surface area contributed by atoms with Crippen molar-refractivity contribution >= 4 is 29.4 Å². The summed E-state index contributed by atoms with van der Waals surface area (Å²) in [5.74, 6) is -0.902. The summed E-state index contributed by atoms with van der Waals surface area (Å²) in [5, 5.41) is 6.18. The molecular formula is C49H63N5O9. The molecule has 338 valence electrons. The van der Waals surface area contributed by atoms with Crippen molar-refractivity contribution in [3.8, 4) is 11.4 Å². The molecule has 3 amide bonds. The molecule has 0 aliphatic heterocycles. The summed E-state index contributed by atoms with van der Waals surface area (Å²) < 4.78 is 27.5. The highest BCUT2D eigenvalue weighted by atomic mass is 16.6. The van der Waals surface area contributed by atoms with E-state index in [2.05, 4.69) is 32.7 Å². The highest BCUT2D eigenvalue weighted by Crippen LogP contribution is 2.31. The van der Waals surface area contributed by atoms with Crippen LogP contribution in [-0.2, 0) is 41.3 Å². The molecule has 0 fully saturated rings. The summed E-state index contributed by atoms with van der Waals surface area (Å²) in [6.07, 6.45) is 5.97. The van der Waals surface area contributed by atoms with Crippen molar-refractivity contribution in [3.63, 3.8) is 0 Å². The summed E-state index contributed by atoms with van der Waals surface area (Å²) in [4.78, 5) is 63.4. The Hall–Kier alpha value is -5.54. The maximum Gasteiger partial charge on any atom is 0.308 e. The van der Waals surface area contributed by atoms with E-state index in [0.717, 1.165) is 36.8 Å². The van der Waals surface area contributed by atoms with E-state index >= 15 is 0 Å². The van der Waals surface area contributed by atoms with Crippen molar-refractivity contribution in [1.29, 1.82) is 0 Å². The summed E-state index contributed by atoms with van der Waals surface area (Å²) in [6.45, 7) is 13.8. The molecule has 5 rings (SSSR count). The molecule has 1 aliphatic rings. The van der Waals surface area contributed by atoms with Gasteiger partial charge in [0, 0.05) is 42.6 Å². The SMILES string of the molecule is CCN(CC)C(=O)c1ccc(NC(=O)c2cccc(CCCOCCOCCOCCOCCC(=O)OC(C)(C)C)c2)c(-c2nccc(C(=O)N[C@H]3CCCc4ccccc43)n2)c1. The van der Waals surface area contributed by atoms with E-state index in [4.69, 9.17) is 23.7 Å². The number of rotatable bonds is 24. The number of amides is 3. The normalized spacial score (nSPS) is 13.5. The molecule has 2 N–H and O–H groups in total. The second kappa shape index (κ2) is 24.9. The average molecular weight is 866 g/mol. The van der Waals surface area contributed by atoms with Gasteiger partial charge in [0.15, 0.2) is 5.82 Å². The van der Waals surface area contributed by atoms with Gasteiger partial charge in [-0.3, -0.25) is 19.2 Å². The van der Waals surface area contributed by atoms with Crippen molar-refractivity contribution < 1.29 is 42.9 Å². The minimum absolute atomic E-state index is 0.130. The highest BCUT2D eigenvalue weighted by Gasteiger charge is 2.24. The van der Waals surface area contributed by atoms with E-state index in [1.807, 2.05) is 65.0 Å². The fraction of sp³-hybridized carbons (Fsp3) is 0.469. The molecule has 4 aromatic rings. The van der Waals surface area contributed by atoms with Crippen LogP contribution in [-0.4, -0.2) is 110 Å². The number of anilines is 1. The first-order valence-corrected chi connectivity index (χ1v) is 22.0. The zero-order chi connectivity index (χ0) is 45.0. The van der Waals surface area contributed by atoms with Crippen LogP contribution in [0.5, 0.6) is 0 Å². The topological polar surface area (TPSA) is 168 Å². The van der Waals surface area contributed by atoms with Crippen molar-refractivity contribution in [3.05, 3.63) is 113 Å². The van der Waals surface area contributed by atoms with Gasteiger partial charge in [-0.25, -0.2) is 9.97 Å².